The predicted octanol–water partition coefficient (Wildman–Crippen LogP) is 1.03. The molecule has 106 valence electrons. The molecule has 4 nitrogen and oxygen atoms in total. The standard InChI is InChI=1S/C13H25NO3S/c15-11(7-14-8-13-4-2-6-18-13)9-16-10-12-3-1-5-17-12/h11-15H,1-10H2. The highest BCUT2D eigenvalue weighted by molar-refractivity contribution is 8.00. The summed E-state index contributed by atoms with van der Waals surface area (Å²) in [6.45, 7) is 3.52. The third-order valence-corrected chi connectivity index (χ3v) is 4.81. The summed E-state index contributed by atoms with van der Waals surface area (Å²) in [7, 11) is 0. The van der Waals surface area contributed by atoms with Crippen molar-refractivity contribution in [2.45, 2.75) is 43.1 Å². The summed E-state index contributed by atoms with van der Waals surface area (Å²) in [6, 6.07) is 0. The van der Waals surface area contributed by atoms with E-state index < -0.39 is 6.10 Å². The summed E-state index contributed by atoms with van der Waals surface area (Å²) >= 11 is 2.04. The van der Waals surface area contributed by atoms with Crippen LogP contribution in [0.1, 0.15) is 25.7 Å². The van der Waals surface area contributed by atoms with E-state index in [-0.39, 0.29) is 6.10 Å². The van der Waals surface area contributed by atoms with E-state index in [1.165, 1.54) is 18.6 Å². The Morgan fingerprint density at radius 1 is 1.39 bits per heavy atom. The zero-order chi connectivity index (χ0) is 12.6. The van der Waals surface area contributed by atoms with Crippen molar-refractivity contribution >= 4 is 11.8 Å². The SMILES string of the molecule is OC(CNCC1CCCS1)COCC1CCCO1. The van der Waals surface area contributed by atoms with E-state index in [0.29, 0.717) is 19.8 Å². The lowest BCUT2D eigenvalue weighted by Crippen LogP contribution is -2.34. The van der Waals surface area contributed by atoms with Crippen LogP contribution in [0, 0.1) is 0 Å². The van der Waals surface area contributed by atoms with Gasteiger partial charge in [0.05, 0.1) is 25.4 Å². The molecule has 0 saturated carbocycles. The Labute approximate surface area is 114 Å². The van der Waals surface area contributed by atoms with Crippen molar-refractivity contribution in [1.82, 2.24) is 5.32 Å². The number of aliphatic hydroxyl groups is 1. The van der Waals surface area contributed by atoms with Crippen LogP contribution in [-0.4, -0.2) is 61.2 Å². The Hall–Kier alpha value is 0.190. The van der Waals surface area contributed by atoms with Crippen molar-refractivity contribution in [3.8, 4) is 0 Å². The molecule has 2 heterocycles. The van der Waals surface area contributed by atoms with Crippen molar-refractivity contribution in [2.75, 3.05) is 38.7 Å². The largest absolute Gasteiger partial charge is 0.389 e. The maximum Gasteiger partial charge on any atom is 0.0897 e. The average Bonchev–Trinajstić information content (AvgIpc) is 3.01. The van der Waals surface area contributed by atoms with Gasteiger partial charge in [-0.25, -0.2) is 0 Å². The molecule has 18 heavy (non-hydrogen) atoms. The molecule has 0 bridgehead atoms. The Kier molecular flexibility index (Phi) is 6.79. The molecule has 0 amide bonds. The van der Waals surface area contributed by atoms with Crippen molar-refractivity contribution in [1.29, 1.82) is 0 Å². The summed E-state index contributed by atoms with van der Waals surface area (Å²) in [4.78, 5) is 0. The summed E-state index contributed by atoms with van der Waals surface area (Å²) in [6.07, 6.45) is 4.72. The highest BCUT2D eigenvalue weighted by atomic mass is 32.2. The molecule has 3 atom stereocenters. The monoisotopic (exact) mass is 275 g/mol. The number of ether oxygens (including phenoxy) is 2. The van der Waals surface area contributed by atoms with Crippen LogP contribution < -0.4 is 5.32 Å². The van der Waals surface area contributed by atoms with E-state index in [9.17, 15) is 5.11 Å². The van der Waals surface area contributed by atoms with Gasteiger partial charge < -0.3 is 19.9 Å². The van der Waals surface area contributed by atoms with Crippen molar-refractivity contribution in [3.63, 3.8) is 0 Å². The molecule has 3 unspecified atom stereocenters. The molecule has 2 aliphatic rings. The fourth-order valence-corrected chi connectivity index (χ4v) is 3.62. The number of aliphatic hydroxyl groups excluding tert-OH is 1. The minimum atomic E-state index is -0.405. The van der Waals surface area contributed by atoms with Crippen LogP contribution in [0.15, 0.2) is 0 Å². The number of thioether (sulfide) groups is 1. The highest BCUT2D eigenvalue weighted by Gasteiger charge is 2.17. The van der Waals surface area contributed by atoms with Crippen LogP contribution in [0.25, 0.3) is 0 Å². The number of hydrogen-bond donors (Lipinski definition) is 2. The van der Waals surface area contributed by atoms with Gasteiger partial charge in [0, 0.05) is 24.9 Å². The predicted molar refractivity (Wildman–Crippen MR) is 74.1 cm³/mol. The second-order valence-electron chi connectivity index (χ2n) is 5.12. The Morgan fingerprint density at radius 2 is 2.33 bits per heavy atom. The molecular formula is C13H25NO3S. The van der Waals surface area contributed by atoms with Crippen LogP contribution in [0.5, 0.6) is 0 Å². The van der Waals surface area contributed by atoms with E-state index in [1.54, 1.807) is 0 Å². The van der Waals surface area contributed by atoms with Gasteiger partial charge in [0.15, 0.2) is 0 Å². The first-order valence-corrected chi connectivity index (χ1v) is 8.09. The molecule has 2 rings (SSSR count). The molecule has 0 spiro atoms. The third kappa shape index (κ3) is 5.45. The van der Waals surface area contributed by atoms with E-state index in [2.05, 4.69) is 5.32 Å². The van der Waals surface area contributed by atoms with Gasteiger partial charge in [-0.3, -0.25) is 0 Å². The van der Waals surface area contributed by atoms with Gasteiger partial charge in [0.1, 0.15) is 0 Å². The number of rotatable bonds is 8. The van der Waals surface area contributed by atoms with E-state index >= 15 is 0 Å². The van der Waals surface area contributed by atoms with E-state index in [4.69, 9.17) is 9.47 Å². The molecule has 0 aromatic carbocycles. The first-order valence-electron chi connectivity index (χ1n) is 7.04. The van der Waals surface area contributed by atoms with Crippen molar-refractivity contribution in [2.24, 2.45) is 0 Å². The van der Waals surface area contributed by atoms with Gasteiger partial charge in [-0.05, 0) is 31.4 Å². The minimum Gasteiger partial charge on any atom is -0.389 e. The molecule has 0 aromatic rings. The van der Waals surface area contributed by atoms with E-state index in [1.807, 2.05) is 11.8 Å². The molecular weight excluding hydrogens is 250 g/mol. The van der Waals surface area contributed by atoms with Gasteiger partial charge in [-0.1, -0.05) is 0 Å². The highest BCUT2D eigenvalue weighted by Crippen LogP contribution is 2.25. The quantitative estimate of drug-likeness (QED) is 0.693. The van der Waals surface area contributed by atoms with Gasteiger partial charge in [-0.15, -0.1) is 0 Å². The fourth-order valence-electron chi connectivity index (χ4n) is 2.39. The topological polar surface area (TPSA) is 50.7 Å². The van der Waals surface area contributed by atoms with Crippen LogP contribution in [-0.2, 0) is 9.47 Å². The first kappa shape index (κ1) is 14.6. The second kappa shape index (κ2) is 8.38. The molecule has 0 radical (unpaired) electrons. The van der Waals surface area contributed by atoms with Crippen LogP contribution in [0.2, 0.25) is 0 Å². The zero-order valence-corrected chi connectivity index (χ0v) is 11.8. The molecule has 2 aliphatic heterocycles. The Balaban J connectivity index is 1.43. The summed E-state index contributed by atoms with van der Waals surface area (Å²) < 4.78 is 10.9. The number of nitrogens with one attached hydrogen (secondary N) is 1. The lowest BCUT2D eigenvalue weighted by atomic mass is 10.2. The fraction of sp³-hybridized carbons (Fsp3) is 1.00. The Morgan fingerprint density at radius 3 is 3.06 bits per heavy atom. The summed E-state index contributed by atoms with van der Waals surface area (Å²) in [5, 5.41) is 13.8. The van der Waals surface area contributed by atoms with Gasteiger partial charge in [0.25, 0.3) is 0 Å². The minimum absolute atomic E-state index is 0.250. The summed E-state index contributed by atoms with van der Waals surface area (Å²) in [5.74, 6) is 1.29. The maximum absolute atomic E-state index is 9.76. The van der Waals surface area contributed by atoms with Gasteiger partial charge >= 0.3 is 0 Å². The zero-order valence-electron chi connectivity index (χ0n) is 11.0. The van der Waals surface area contributed by atoms with Crippen LogP contribution in [0.4, 0.5) is 0 Å². The molecule has 0 aromatic heterocycles. The van der Waals surface area contributed by atoms with Crippen molar-refractivity contribution in [3.05, 3.63) is 0 Å². The molecule has 2 saturated heterocycles. The summed E-state index contributed by atoms with van der Waals surface area (Å²) in [5.41, 5.74) is 0. The Bertz CT molecular complexity index is 196. The molecule has 5 heteroatoms. The molecule has 0 aliphatic carbocycles. The molecule has 2 fully saturated rings. The first-order chi connectivity index (χ1) is 8.84. The lowest BCUT2D eigenvalue weighted by molar-refractivity contribution is -0.0163. The normalized spacial score (nSPS) is 29.8. The molecule has 2 N–H and O–H groups in total. The lowest BCUT2D eigenvalue weighted by Gasteiger charge is -2.16. The van der Waals surface area contributed by atoms with E-state index in [0.717, 1.165) is 31.2 Å². The van der Waals surface area contributed by atoms with Crippen LogP contribution >= 0.6 is 11.8 Å². The van der Waals surface area contributed by atoms with Crippen LogP contribution in [0.3, 0.4) is 0 Å². The van der Waals surface area contributed by atoms with Crippen molar-refractivity contribution < 1.29 is 14.6 Å². The average molecular weight is 275 g/mol. The second-order valence-corrected chi connectivity index (χ2v) is 6.53. The number of hydrogen-bond acceptors (Lipinski definition) is 5. The van der Waals surface area contributed by atoms with Gasteiger partial charge in [0.2, 0.25) is 0 Å². The smallest absolute Gasteiger partial charge is 0.0897 e. The maximum atomic E-state index is 9.76. The third-order valence-electron chi connectivity index (χ3n) is 3.41. The van der Waals surface area contributed by atoms with Gasteiger partial charge in [-0.2, -0.15) is 11.8 Å².